The van der Waals surface area contributed by atoms with Crippen LogP contribution < -0.4 is 5.73 Å². The largest absolute Gasteiger partial charge is 0.405 e. The van der Waals surface area contributed by atoms with Crippen LogP contribution >= 0.6 is 0 Å². The second-order valence-corrected chi connectivity index (χ2v) is 2.08. The Balaban J connectivity index is 2.90. The van der Waals surface area contributed by atoms with Crippen molar-refractivity contribution in [3.63, 3.8) is 0 Å². The molecule has 0 saturated heterocycles. The Labute approximate surface area is 61.0 Å². The number of rotatable bonds is 2. The van der Waals surface area contributed by atoms with Gasteiger partial charge in [-0.15, -0.1) is 0 Å². The van der Waals surface area contributed by atoms with E-state index in [1.165, 1.54) is 0 Å². The average Bonchev–Trinajstić information content (AvgIpc) is 2.36. The van der Waals surface area contributed by atoms with Crippen molar-refractivity contribution in [2.45, 2.75) is 13.5 Å². The number of hydrogen-bond donors (Lipinski definition) is 1. The van der Waals surface area contributed by atoms with Crippen LogP contribution in [0.2, 0.25) is 0 Å². The topological polar surface area (TPSA) is 30.9 Å². The Kier molecular flexibility index (Phi) is 2.15. The maximum absolute atomic E-state index is 5.25. The van der Waals surface area contributed by atoms with Crippen molar-refractivity contribution in [3.05, 3.63) is 30.2 Å². The van der Waals surface area contributed by atoms with Crippen molar-refractivity contribution >= 4 is 6.08 Å². The van der Waals surface area contributed by atoms with Gasteiger partial charge in [0.1, 0.15) is 0 Å². The van der Waals surface area contributed by atoms with Crippen LogP contribution in [0.4, 0.5) is 0 Å². The minimum atomic E-state index is 0.993. The standard InChI is InChI=1S/C8H12N2/c1-2-10-7-3-4-8(10)5-6-9/h3-7H,2,9H2,1H3/b6-5-. The zero-order valence-electron chi connectivity index (χ0n) is 6.12. The summed E-state index contributed by atoms with van der Waals surface area (Å²) < 4.78 is 2.13. The summed E-state index contributed by atoms with van der Waals surface area (Å²) in [5.74, 6) is 0. The van der Waals surface area contributed by atoms with Crippen LogP contribution in [-0.4, -0.2) is 4.57 Å². The van der Waals surface area contributed by atoms with Crippen molar-refractivity contribution in [1.29, 1.82) is 0 Å². The van der Waals surface area contributed by atoms with Gasteiger partial charge >= 0.3 is 0 Å². The monoisotopic (exact) mass is 136 g/mol. The fourth-order valence-corrected chi connectivity index (χ4v) is 0.965. The quantitative estimate of drug-likeness (QED) is 0.655. The van der Waals surface area contributed by atoms with Gasteiger partial charge < -0.3 is 10.3 Å². The summed E-state index contributed by atoms with van der Waals surface area (Å²) in [5.41, 5.74) is 6.41. The first-order valence-corrected chi connectivity index (χ1v) is 3.42. The molecule has 0 saturated carbocycles. The third-order valence-corrected chi connectivity index (χ3v) is 1.47. The summed E-state index contributed by atoms with van der Waals surface area (Å²) in [7, 11) is 0. The Hall–Kier alpha value is -1.18. The second kappa shape index (κ2) is 3.11. The summed E-state index contributed by atoms with van der Waals surface area (Å²) >= 11 is 0. The zero-order valence-corrected chi connectivity index (χ0v) is 6.12. The van der Waals surface area contributed by atoms with E-state index < -0.39 is 0 Å². The lowest BCUT2D eigenvalue weighted by Gasteiger charge is -1.99. The van der Waals surface area contributed by atoms with E-state index >= 15 is 0 Å². The van der Waals surface area contributed by atoms with Gasteiger partial charge in [-0.1, -0.05) is 0 Å². The van der Waals surface area contributed by atoms with E-state index in [1.54, 1.807) is 6.20 Å². The van der Waals surface area contributed by atoms with Gasteiger partial charge in [-0.25, -0.2) is 0 Å². The first kappa shape index (κ1) is 6.93. The smallest absolute Gasteiger partial charge is 0.0420 e. The predicted octanol–water partition coefficient (Wildman–Crippen LogP) is 1.44. The summed E-state index contributed by atoms with van der Waals surface area (Å²) in [6.07, 6.45) is 5.49. The number of aromatic nitrogens is 1. The van der Waals surface area contributed by atoms with Gasteiger partial charge in [-0.05, 0) is 31.3 Å². The highest BCUT2D eigenvalue weighted by Crippen LogP contribution is 2.02. The minimum absolute atomic E-state index is 0.993. The third kappa shape index (κ3) is 1.21. The number of nitrogens with two attached hydrogens (primary N) is 1. The maximum Gasteiger partial charge on any atom is 0.0420 e. The molecule has 1 heterocycles. The molecule has 0 aromatic carbocycles. The van der Waals surface area contributed by atoms with Gasteiger partial charge in [-0.2, -0.15) is 0 Å². The second-order valence-electron chi connectivity index (χ2n) is 2.08. The van der Waals surface area contributed by atoms with Crippen LogP contribution in [-0.2, 0) is 6.54 Å². The van der Waals surface area contributed by atoms with Crippen molar-refractivity contribution in [3.8, 4) is 0 Å². The zero-order chi connectivity index (χ0) is 7.40. The fraction of sp³-hybridized carbons (Fsp3) is 0.250. The Morgan fingerprint density at radius 3 is 3.10 bits per heavy atom. The molecular weight excluding hydrogens is 124 g/mol. The molecule has 0 spiro atoms. The van der Waals surface area contributed by atoms with Crippen LogP contribution in [0.15, 0.2) is 24.5 Å². The number of hydrogen-bond acceptors (Lipinski definition) is 1. The lowest BCUT2D eigenvalue weighted by atomic mass is 10.4. The van der Waals surface area contributed by atoms with Crippen LogP contribution in [0.5, 0.6) is 0 Å². The average molecular weight is 136 g/mol. The van der Waals surface area contributed by atoms with E-state index in [-0.39, 0.29) is 0 Å². The molecule has 2 N–H and O–H groups in total. The van der Waals surface area contributed by atoms with Crippen LogP contribution in [0.3, 0.4) is 0 Å². The highest BCUT2D eigenvalue weighted by atomic mass is 14.9. The molecule has 2 heteroatoms. The molecule has 0 unspecified atom stereocenters. The van der Waals surface area contributed by atoms with Gasteiger partial charge in [0.15, 0.2) is 0 Å². The van der Waals surface area contributed by atoms with E-state index in [0.29, 0.717) is 0 Å². The molecule has 1 aromatic rings. The van der Waals surface area contributed by atoms with Gasteiger partial charge in [0.05, 0.1) is 0 Å². The number of nitrogens with zero attached hydrogens (tertiary/aromatic N) is 1. The van der Waals surface area contributed by atoms with Gasteiger partial charge in [0.25, 0.3) is 0 Å². The summed E-state index contributed by atoms with van der Waals surface area (Å²) in [6.45, 7) is 3.10. The molecule has 0 aliphatic heterocycles. The molecule has 0 aliphatic carbocycles. The fourth-order valence-electron chi connectivity index (χ4n) is 0.965. The van der Waals surface area contributed by atoms with E-state index in [2.05, 4.69) is 11.5 Å². The molecular formula is C8H12N2. The lowest BCUT2D eigenvalue weighted by molar-refractivity contribution is 0.761. The molecule has 2 nitrogen and oxygen atoms in total. The van der Waals surface area contributed by atoms with Crippen molar-refractivity contribution in [2.75, 3.05) is 0 Å². The molecule has 0 amide bonds. The van der Waals surface area contributed by atoms with E-state index in [0.717, 1.165) is 12.2 Å². The van der Waals surface area contributed by atoms with Crippen LogP contribution in [0, 0.1) is 0 Å². The SMILES string of the molecule is CCn1cccc1/C=C\N. The predicted molar refractivity (Wildman–Crippen MR) is 43.3 cm³/mol. The van der Waals surface area contributed by atoms with E-state index in [9.17, 15) is 0 Å². The highest BCUT2D eigenvalue weighted by molar-refractivity contribution is 5.44. The maximum atomic E-state index is 5.25. The van der Waals surface area contributed by atoms with Crippen LogP contribution in [0.25, 0.3) is 6.08 Å². The van der Waals surface area contributed by atoms with Crippen molar-refractivity contribution < 1.29 is 0 Å². The van der Waals surface area contributed by atoms with Gasteiger partial charge in [-0.3, -0.25) is 0 Å². The first-order chi connectivity index (χ1) is 4.88. The molecule has 0 atom stereocenters. The van der Waals surface area contributed by atoms with Gasteiger partial charge in [0.2, 0.25) is 0 Å². The first-order valence-electron chi connectivity index (χ1n) is 3.42. The lowest BCUT2D eigenvalue weighted by Crippen LogP contribution is -1.93. The molecule has 54 valence electrons. The minimum Gasteiger partial charge on any atom is -0.405 e. The summed E-state index contributed by atoms with van der Waals surface area (Å²) in [4.78, 5) is 0. The molecule has 0 fully saturated rings. The van der Waals surface area contributed by atoms with Crippen molar-refractivity contribution in [2.24, 2.45) is 5.73 Å². The Morgan fingerprint density at radius 1 is 1.70 bits per heavy atom. The number of aryl methyl sites for hydroxylation is 1. The summed E-state index contributed by atoms with van der Waals surface area (Å²) in [6, 6.07) is 4.05. The molecule has 1 aromatic heterocycles. The van der Waals surface area contributed by atoms with E-state index in [4.69, 9.17) is 5.73 Å². The summed E-state index contributed by atoms with van der Waals surface area (Å²) in [5, 5.41) is 0. The van der Waals surface area contributed by atoms with Gasteiger partial charge in [0, 0.05) is 18.4 Å². The van der Waals surface area contributed by atoms with Crippen LogP contribution in [0.1, 0.15) is 12.6 Å². The molecule has 0 aliphatic rings. The molecule has 10 heavy (non-hydrogen) atoms. The van der Waals surface area contributed by atoms with E-state index in [1.807, 2.05) is 24.4 Å². The molecule has 1 rings (SSSR count). The normalized spacial score (nSPS) is 10.9. The van der Waals surface area contributed by atoms with Crippen molar-refractivity contribution in [1.82, 2.24) is 4.57 Å². The highest BCUT2D eigenvalue weighted by Gasteiger charge is 1.90. The Bertz CT molecular complexity index is 223. The molecule has 0 radical (unpaired) electrons. The molecule has 0 bridgehead atoms. The Morgan fingerprint density at radius 2 is 2.50 bits per heavy atom. The third-order valence-electron chi connectivity index (χ3n) is 1.47.